The summed E-state index contributed by atoms with van der Waals surface area (Å²) in [5.41, 5.74) is 1.81. The highest BCUT2D eigenvalue weighted by Gasteiger charge is 2.25. The molecule has 0 unspecified atom stereocenters. The summed E-state index contributed by atoms with van der Waals surface area (Å²) in [7, 11) is 5.12. The van der Waals surface area contributed by atoms with Crippen molar-refractivity contribution in [2.75, 3.05) is 14.2 Å². The molecule has 0 aliphatic heterocycles. The summed E-state index contributed by atoms with van der Waals surface area (Å²) < 4.78 is 13.8. The lowest BCUT2D eigenvalue weighted by molar-refractivity contribution is 0.0944. The Morgan fingerprint density at radius 2 is 1.83 bits per heavy atom. The average molecular weight is 422 g/mol. The van der Waals surface area contributed by atoms with Crippen LogP contribution in [0.3, 0.4) is 0 Å². The van der Waals surface area contributed by atoms with Crippen LogP contribution in [0, 0.1) is 6.92 Å². The summed E-state index contributed by atoms with van der Waals surface area (Å²) in [6, 6.07) is 13.2. The van der Waals surface area contributed by atoms with Crippen LogP contribution in [0.1, 0.15) is 32.7 Å². The number of ether oxygens (including phenoxy) is 2. The van der Waals surface area contributed by atoms with E-state index in [2.05, 4.69) is 10.3 Å². The van der Waals surface area contributed by atoms with Crippen molar-refractivity contribution in [3.8, 4) is 11.5 Å². The number of methoxy groups -OCH3 is 2. The van der Waals surface area contributed by atoms with E-state index in [1.54, 1.807) is 26.5 Å². The van der Waals surface area contributed by atoms with Crippen LogP contribution in [0.15, 0.2) is 54.9 Å². The van der Waals surface area contributed by atoms with Gasteiger partial charge in [-0.3, -0.25) is 4.79 Å². The first kappa shape index (κ1) is 20.0. The van der Waals surface area contributed by atoms with Crippen molar-refractivity contribution in [3.05, 3.63) is 76.7 Å². The molecule has 0 aliphatic rings. The summed E-state index contributed by atoms with van der Waals surface area (Å²) in [4.78, 5) is 18.5. The minimum absolute atomic E-state index is 0.136. The third-order valence-electron chi connectivity index (χ3n) is 5.15. The third kappa shape index (κ3) is 3.64. The Morgan fingerprint density at radius 3 is 2.43 bits per heavy atom. The topological polar surface area (TPSA) is 65.4 Å². The molecule has 30 heavy (non-hydrogen) atoms. The van der Waals surface area contributed by atoms with Crippen molar-refractivity contribution in [2.24, 2.45) is 7.05 Å². The van der Waals surface area contributed by atoms with Gasteiger partial charge < -0.3 is 19.4 Å². The molecule has 0 spiro atoms. The molecule has 0 bridgehead atoms. The Labute approximate surface area is 179 Å². The summed E-state index contributed by atoms with van der Waals surface area (Å²) in [5.74, 6) is 1.88. The van der Waals surface area contributed by atoms with E-state index in [1.807, 2.05) is 61.1 Å². The highest BCUT2D eigenvalue weighted by atomic mass is 32.1. The van der Waals surface area contributed by atoms with Gasteiger partial charge in [-0.2, -0.15) is 0 Å². The van der Waals surface area contributed by atoms with E-state index < -0.39 is 6.04 Å². The number of hydrogen-bond acceptors (Lipinski definition) is 5. The van der Waals surface area contributed by atoms with Crippen molar-refractivity contribution < 1.29 is 14.3 Å². The Hall–Kier alpha value is -3.32. The van der Waals surface area contributed by atoms with Crippen molar-refractivity contribution in [1.82, 2.24) is 14.9 Å². The maximum Gasteiger partial charge on any atom is 0.262 e. The van der Waals surface area contributed by atoms with Gasteiger partial charge in [-0.15, -0.1) is 11.3 Å². The van der Waals surface area contributed by atoms with Gasteiger partial charge in [-0.25, -0.2) is 4.98 Å². The van der Waals surface area contributed by atoms with Crippen LogP contribution in [-0.4, -0.2) is 29.7 Å². The maximum absolute atomic E-state index is 13.3. The molecule has 1 amide bonds. The Balaban J connectivity index is 1.77. The first-order valence-electron chi connectivity index (χ1n) is 9.51. The zero-order valence-electron chi connectivity index (χ0n) is 17.3. The second-order valence-electron chi connectivity index (χ2n) is 7.00. The van der Waals surface area contributed by atoms with E-state index in [1.165, 1.54) is 11.3 Å². The minimum atomic E-state index is -0.467. The van der Waals surface area contributed by atoms with Crippen LogP contribution < -0.4 is 14.8 Å². The number of imidazole rings is 1. The molecular formula is C23H23N3O3S. The van der Waals surface area contributed by atoms with Crippen LogP contribution in [0.2, 0.25) is 0 Å². The molecule has 0 fully saturated rings. The summed E-state index contributed by atoms with van der Waals surface area (Å²) in [5, 5.41) is 4.28. The predicted molar refractivity (Wildman–Crippen MR) is 119 cm³/mol. The maximum atomic E-state index is 13.3. The fraction of sp³-hybridized carbons (Fsp3) is 0.217. The Kier molecular flexibility index (Phi) is 5.46. The zero-order valence-corrected chi connectivity index (χ0v) is 18.1. The second-order valence-corrected chi connectivity index (χ2v) is 8.05. The molecule has 2 heterocycles. The number of benzene rings is 2. The normalized spacial score (nSPS) is 12.0. The molecule has 6 nitrogen and oxygen atoms in total. The van der Waals surface area contributed by atoms with E-state index in [-0.39, 0.29) is 5.91 Å². The molecule has 1 atom stereocenters. The summed E-state index contributed by atoms with van der Waals surface area (Å²) in [6.45, 7) is 1.98. The Morgan fingerprint density at radius 1 is 1.13 bits per heavy atom. The number of rotatable bonds is 6. The lowest BCUT2D eigenvalue weighted by atomic mass is 10.0. The standard InChI is InChI=1S/C23H23N3O3S/c1-14-18-7-5-6-8-19(18)30-21(14)23(27)25-20(22-24-9-10-26(22)2)15-11-16(28-3)13-17(12-15)29-4/h5-13,20H,1-4H3,(H,25,27)/t20-/m0/s1. The van der Waals surface area contributed by atoms with Gasteiger partial charge in [0.05, 0.1) is 19.1 Å². The molecule has 154 valence electrons. The van der Waals surface area contributed by atoms with Crippen LogP contribution in [-0.2, 0) is 7.05 Å². The van der Waals surface area contributed by atoms with Gasteiger partial charge in [0.1, 0.15) is 23.4 Å². The molecule has 2 aromatic carbocycles. The van der Waals surface area contributed by atoms with Gasteiger partial charge >= 0.3 is 0 Å². The van der Waals surface area contributed by atoms with Gasteiger partial charge in [-0.05, 0) is 41.6 Å². The molecule has 4 aromatic rings. The molecule has 0 radical (unpaired) electrons. The van der Waals surface area contributed by atoms with E-state index >= 15 is 0 Å². The van der Waals surface area contributed by atoms with E-state index in [4.69, 9.17) is 9.47 Å². The molecule has 0 aliphatic carbocycles. The Bertz CT molecular complexity index is 1190. The van der Waals surface area contributed by atoms with Crippen molar-refractivity contribution >= 4 is 27.3 Å². The molecule has 2 aromatic heterocycles. The lowest BCUT2D eigenvalue weighted by Gasteiger charge is -2.20. The number of carbonyl (C=O) groups is 1. The van der Waals surface area contributed by atoms with Gasteiger partial charge in [0.2, 0.25) is 0 Å². The number of nitrogens with one attached hydrogen (secondary N) is 1. The smallest absolute Gasteiger partial charge is 0.262 e. The predicted octanol–water partition coefficient (Wildman–Crippen LogP) is 4.48. The molecule has 7 heteroatoms. The number of carbonyl (C=O) groups excluding carboxylic acids is 1. The minimum Gasteiger partial charge on any atom is -0.497 e. The fourth-order valence-corrected chi connectivity index (χ4v) is 4.65. The zero-order chi connectivity index (χ0) is 21.3. The molecular weight excluding hydrogens is 398 g/mol. The van der Waals surface area contributed by atoms with Gasteiger partial charge in [-0.1, -0.05) is 18.2 Å². The monoisotopic (exact) mass is 421 g/mol. The average Bonchev–Trinajstić information content (AvgIpc) is 3.34. The highest BCUT2D eigenvalue weighted by molar-refractivity contribution is 7.21. The summed E-state index contributed by atoms with van der Waals surface area (Å²) >= 11 is 1.50. The largest absolute Gasteiger partial charge is 0.497 e. The third-order valence-corrected chi connectivity index (χ3v) is 6.42. The van der Waals surface area contributed by atoms with Crippen LogP contribution in [0.5, 0.6) is 11.5 Å². The number of aromatic nitrogens is 2. The van der Waals surface area contributed by atoms with E-state index in [0.29, 0.717) is 16.4 Å². The summed E-state index contributed by atoms with van der Waals surface area (Å²) in [6.07, 6.45) is 3.58. The number of thiophene rings is 1. The first-order chi connectivity index (χ1) is 14.5. The second kappa shape index (κ2) is 8.20. The molecule has 4 rings (SSSR count). The van der Waals surface area contributed by atoms with Crippen LogP contribution >= 0.6 is 11.3 Å². The van der Waals surface area contributed by atoms with Crippen molar-refractivity contribution in [1.29, 1.82) is 0 Å². The number of hydrogen-bond donors (Lipinski definition) is 1. The number of nitrogens with zero attached hydrogens (tertiary/aromatic N) is 2. The molecule has 0 saturated carbocycles. The number of fused-ring (bicyclic) bond motifs is 1. The first-order valence-corrected chi connectivity index (χ1v) is 10.3. The molecule has 0 saturated heterocycles. The quantitative estimate of drug-likeness (QED) is 0.499. The molecule has 1 N–H and O–H groups in total. The van der Waals surface area contributed by atoms with E-state index in [0.717, 1.165) is 27.0 Å². The van der Waals surface area contributed by atoms with E-state index in [9.17, 15) is 4.79 Å². The SMILES string of the molecule is COc1cc(OC)cc([C@H](NC(=O)c2sc3ccccc3c2C)c2nccn2C)c1. The van der Waals surface area contributed by atoms with Crippen molar-refractivity contribution in [2.45, 2.75) is 13.0 Å². The highest BCUT2D eigenvalue weighted by Crippen LogP contribution is 2.33. The number of amides is 1. The fourth-order valence-electron chi connectivity index (χ4n) is 3.54. The number of aryl methyl sites for hydroxylation is 2. The van der Waals surface area contributed by atoms with Gasteiger partial charge in [0, 0.05) is 30.2 Å². The van der Waals surface area contributed by atoms with Gasteiger partial charge in [0.25, 0.3) is 5.91 Å². The van der Waals surface area contributed by atoms with Gasteiger partial charge in [0.15, 0.2) is 0 Å². The van der Waals surface area contributed by atoms with Crippen LogP contribution in [0.25, 0.3) is 10.1 Å². The van der Waals surface area contributed by atoms with Crippen molar-refractivity contribution in [3.63, 3.8) is 0 Å². The lowest BCUT2D eigenvalue weighted by Crippen LogP contribution is -2.31. The van der Waals surface area contributed by atoms with Crippen LogP contribution in [0.4, 0.5) is 0 Å².